The number of methoxy groups -OCH3 is 1. The van der Waals surface area contributed by atoms with Crippen molar-refractivity contribution in [3.63, 3.8) is 0 Å². The first kappa shape index (κ1) is 16.2. The second-order valence-corrected chi connectivity index (χ2v) is 6.88. The Morgan fingerprint density at radius 2 is 2.04 bits per heavy atom. The Bertz CT molecular complexity index is 903. The molecule has 0 spiro atoms. The molecule has 4 rings (SSSR count). The summed E-state index contributed by atoms with van der Waals surface area (Å²) in [4.78, 5) is 9.14. The van der Waals surface area contributed by atoms with Crippen LogP contribution in [0.5, 0.6) is 5.75 Å². The second-order valence-electron chi connectivity index (χ2n) is 6.02. The lowest BCUT2D eigenvalue weighted by Crippen LogP contribution is -2.38. The molecule has 6 heteroatoms. The van der Waals surface area contributed by atoms with Gasteiger partial charge in [-0.1, -0.05) is 18.2 Å². The summed E-state index contributed by atoms with van der Waals surface area (Å²) in [5.41, 5.74) is 2.20. The summed E-state index contributed by atoms with van der Waals surface area (Å²) in [5.74, 6) is 1.95. The summed E-state index contributed by atoms with van der Waals surface area (Å²) in [7, 11) is 1.69. The molecular weight excluding hydrogens is 380 g/mol. The molecule has 0 saturated carbocycles. The van der Waals surface area contributed by atoms with E-state index in [1.54, 1.807) is 7.11 Å². The number of hydrogen-bond donors (Lipinski definition) is 0. The standard InChI is InChI=1S/C19H19BrN4O/c1-25-16-7-5-15(6-8-16)13-22-9-3-10-23(14-22)18-12-21-19-17(20)4-2-11-24(18)19/h2-8,10-12H,9,13-14H2,1H3. The van der Waals surface area contributed by atoms with Gasteiger partial charge in [-0.25, -0.2) is 4.98 Å². The number of benzene rings is 1. The fourth-order valence-corrected chi connectivity index (χ4v) is 3.52. The summed E-state index contributed by atoms with van der Waals surface area (Å²) < 4.78 is 8.33. The van der Waals surface area contributed by atoms with Crippen molar-refractivity contribution in [1.29, 1.82) is 0 Å². The van der Waals surface area contributed by atoms with Crippen molar-refractivity contribution in [3.05, 3.63) is 71.1 Å². The molecule has 3 aromatic rings. The minimum atomic E-state index is 0.822. The lowest BCUT2D eigenvalue weighted by molar-refractivity contribution is 0.290. The summed E-state index contributed by atoms with van der Waals surface area (Å²) in [6.07, 6.45) is 8.28. The van der Waals surface area contributed by atoms with Gasteiger partial charge < -0.3 is 9.64 Å². The van der Waals surface area contributed by atoms with E-state index in [1.807, 2.05) is 36.7 Å². The Morgan fingerprint density at radius 3 is 2.84 bits per heavy atom. The molecule has 0 unspecified atom stereocenters. The largest absolute Gasteiger partial charge is 0.497 e. The third-order valence-electron chi connectivity index (χ3n) is 4.33. The summed E-state index contributed by atoms with van der Waals surface area (Å²) in [6.45, 7) is 2.65. The highest BCUT2D eigenvalue weighted by molar-refractivity contribution is 9.10. The molecule has 1 aromatic carbocycles. The topological polar surface area (TPSA) is 33.0 Å². The summed E-state index contributed by atoms with van der Waals surface area (Å²) in [6, 6.07) is 12.3. The molecule has 0 fully saturated rings. The van der Waals surface area contributed by atoms with Crippen molar-refractivity contribution in [3.8, 4) is 5.75 Å². The number of imidazole rings is 1. The molecule has 0 radical (unpaired) electrons. The van der Waals surface area contributed by atoms with Crippen LogP contribution in [-0.4, -0.2) is 34.6 Å². The SMILES string of the molecule is COc1ccc(CN2CC=CN(c3cnc4c(Br)cccn34)C2)cc1. The van der Waals surface area contributed by atoms with E-state index in [4.69, 9.17) is 4.74 Å². The Labute approximate surface area is 155 Å². The average molecular weight is 399 g/mol. The monoisotopic (exact) mass is 398 g/mol. The second kappa shape index (κ2) is 6.90. The van der Waals surface area contributed by atoms with Crippen LogP contribution < -0.4 is 9.64 Å². The van der Waals surface area contributed by atoms with Crippen LogP contribution in [-0.2, 0) is 6.54 Å². The first-order valence-electron chi connectivity index (χ1n) is 8.15. The molecule has 2 aromatic heterocycles. The first-order valence-corrected chi connectivity index (χ1v) is 8.94. The molecule has 128 valence electrons. The third kappa shape index (κ3) is 3.27. The predicted molar refractivity (Wildman–Crippen MR) is 103 cm³/mol. The lowest BCUT2D eigenvalue weighted by atomic mass is 10.2. The molecule has 0 atom stereocenters. The minimum Gasteiger partial charge on any atom is -0.497 e. The highest BCUT2D eigenvalue weighted by Gasteiger charge is 2.17. The van der Waals surface area contributed by atoms with Gasteiger partial charge in [0.05, 0.1) is 24.4 Å². The van der Waals surface area contributed by atoms with E-state index in [1.165, 1.54) is 5.56 Å². The van der Waals surface area contributed by atoms with Gasteiger partial charge in [-0.3, -0.25) is 9.30 Å². The molecular formula is C19H19BrN4O. The molecule has 1 aliphatic rings. The first-order chi connectivity index (χ1) is 12.2. The van der Waals surface area contributed by atoms with Crippen LogP contribution in [0.25, 0.3) is 5.65 Å². The van der Waals surface area contributed by atoms with Crippen molar-refractivity contribution in [2.24, 2.45) is 0 Å². The van der Waals surface area contributed by atoms with Gasteiger partial charge in [-0.15, -0.1) is 0 Å². The zero-order chi connectivity index (χ0) is 17.2. The third-order valence-corrected chi connectivity index (χ3v) is 4.95. The maximum absolute atomic E-state index is 5.23. The fraction of sp³-hybridized carbons (Fsp3) is 0.211. The fourth-order valence-electron chi connectivity index (χ4n) is 3.07. The number of nitrogens with zero attached hydrogens (tertiary/aromatic N) is 4. The lowest BCUT2D eigenvalue weighted by Gasteiger charge is -2.32. The maximum atomic E-state index is 5.23. The number of pyridine rings is 1. The van der Waals surface area contributed by atoms with Gasteiger partial charge >= 0.3 is 0 Å². The van der Waals surface area contributed by atoms with Crippen LogP contribution in [0.3, 0.4) is 0 Å². The molecule has 25 heavy (non-hydrogen) atoms. The van der Waals surface area contributed by atoms with E-state index in [0.29, 0.717) is 0 Å². The number of rotatable bonds is 4. The highest BCUT2D eigenvalue weighted by Crippen LogP contribution is 2.24. The molecule has 1 aliphatic heterocycles. The van der Waals surface area contributed by atoms with Gasteiger partial charge in [-0.2, -0.15) is 0 Å². The maximum Gasteiger partial charge on any atom is 0.152 e. The van der Waals surface area contributed by atoms with E-state index in [2.05, 4.69) is 59.5 Å². The van der Waals surface area contributed by atoms with Gasteiger partial charge in [0.2, 0.25) is 0 Å². The molecule has 0 bridgehead atoms. The smallest absolute Gasteiger partial charge is 0.152 e. The molecule has 5 nitrogen and oxygen atoms in total. The molecule has 0 aliphatic carbocycles. The number of halogens is 1. The van der Waals surface area contributed by atoms with Crippen LogP contribution in [0.15, 0.2) is 65.5 Å². The van der Waals surface area contributed by atoms with E-state index < -0.39 is 0 Å². The number of hydrogen-bond acceptors (Lipinski definition) is 4. The average Bonchev–Trinajstić information content (AvgIpc) is 3.08. The summed E-state index contributed by atoms with van der Waals surface area (Å²) >= 11 is 3.56. The Balaban J connectivity index is 1.53. The van der Waals surface area contributed by atoms with Crippen molar-refractivity contribution < 1.29 is 4.74 Å². The van der Waals surface area contributed by atoms with Gasteiger partial charge in [0.15, 0.2) is 5.65 Å². The number of fused-ring (bicyclic) bond motifs is 1. The number of aromatic nitrogens is 2. The Kier molecular flexibility index (Phi) is 4.46. The van der Waals surface area contributed by atoms with Crippen molar-refractivity contribution >= 4 is 27.4 Å². The van der Waals surface area contributed by atoms with E-state index in [9.17, 15) is 0 Å². The van der Waals surface area contributed by atoms with Crippen LogP contribution in [0.2, 0.25) is 0 Å². The zero-order valence-corrected chi connectivity index (χ0v) is 15.6. The van der Waals surface area contributed by atoms with E-state index >= 15 is 0 Å². The van der Waals surface area contributed by atoms with Crippen molar-refractivity contribution in [1.82, 2.24) is 14.3 Å². The normalized spacial score (nSPS) is 15.0. The van der Waals surface area contributed by atoms with Gasteiger partial charge in [0.1, 0.15) is 11.6 Å². The number of anilines is 1. The van der Waals surface area contributed by atoms with Gasteiger partial charge in [0, 0.05) is 25.5 Å². The number of ether oxygens (including phenoxy) is 1. The zero-order valence-electron chi connectivity index (χ0n) is 14.0. The van der Waals surface area contributed by atoms with Crippen LogP contribution in [0, 0.1) is 0 Å². The van der Waals surface area contributed by atoms with E-state index in [0.717, 1.165) is 41.4 Å². The van der Waals surface area contributed by atoms with Crippen LogP contribution in [0.4, 0.5) is 5.82 Å². The highest BCUT2D eigenvalue weighted by atomic mass is 79.9. The van der Waals surface area contributed by atoms with E-state index in [-0.39, 0.29) is 0 Å². The molecule has 3 heterocycles. The Hall–Kier alpha value is -2.31. The minimum absolute atomic E-state index is 0.822. The quantitative estimate of drug-likeness (QED) is 0.667. The molecule has 0 amide bonds. The Morgan fingerprint density at radius 1 is 1.20 bits per heavy atom. The van der Waals surface area contributed by atoms with Gasteiger partial charge in [-0.05, 0) is 45.8 Å². The van der Waals surface area contributed by atoms with Crippen LogP contribution in [0.1, 0.15) is 5.56 Å². The van der Waals surface area contributed by atoms with Crippen molar-refractivity contribution in [2.75, 3.05) is 25.2 Å². The molecule has 0 saturated heterocycles. The molecule has 0 N–H and O–H groups in total. The summed E-state index contributed by atoms with van der Waals surface area (Å²) in [5, 5.41) is 0. The van der Waals surface area contributed by atoms with Crippen molar-refractivity contribution in [2.45, 2.75) is 6.54 Å². The predicted octanol–water partition coefficient (Wildman–Crippen LogP) is 3.90. The van der Waals surface area contributed by atoms with Gasteiger partial charge in [0.25, 0.3) is 0 Å². The van der Waals surface area contributed by atoms with Crippen LogP contribution >= 0.6 is 15.9 Å².